The number of alkyl halides is 3. The predicted molar refractivity (Wildman–Crippen MR) is 99.8 cm³/mol. The Balaban J connectivity index is 2.14. The average molecular weight is 427 g/mol. The number of benzene rings is 2. The van der Waals surface area contributed by atoms with Crippen molar-refractivity contribution in [2.24, 2.45) is 0 Å². The topological polar surface area (TPSA) is 58.2 Å². The summed E-state index contributed by atoms with van der Waals surface area (Å²) in [4.78, 5) is 23.9. The molecule has 9 heteroatoms. The first-order valence-electron chi connectivity index (χ1n) is 6.41. The Kier molecular flexibility index (Phi) is 6.23. The maximum atomic E-state index is 12.2. The summed E-state index contributed by atoms with van der Waals surface area (Å²) in [7, 11) is 0. The zero-order valence-electron chi connectivity index (χ0n) is 11.7. The third-order valence-electron chi connectivity index (χ3n) is 2.81. The van der Waals surface area contributed by atoms with Gasteiger partial charge in [-0.3, -0.25) is 9.59 Å². The van der Waals surface area contributed by atoms with Crippen molar-refractivity contribution >= 4 is 81.2 Å². The number of hydrogen-bond acceptors (Lipinski definition) is 2. The molecule has 0 fully saturated rings. The number of hydrogen-bond donors (Lipinski definition) is 2. The minimum atomic E-state index is -2.09. The van der Waals surface area contributed by atoms with Crippen molar-refractivity contribution in [3.8, 4) is 0 Å². The summed E-state index contributed by atoms with van der Waals surface area (Å²) in [5.41, 5.74) is 1.04. The van der Waals surface area contributed by atoms with Gasteiger partial charge in [-0.1, -0.05) is 64.1 Å². The largest absolute Gasteiger partial charge is 0.322 e. The van der Waals surface area contributed by atoms with Crippen LogP contribution in [0.2, 0.25) is 10.0 Å². The number of rotatable bonds is 3. The fraction of sp³-hybridized carbons (Fsp3) is 0.0667. The highest BCUT2D eigenvalue weighted by Gasteiger charge is 2.30. The van der Waals surface area contributed by atoms with Gasteiger partial charge in [-0.25, -0.2) is 0 Å². The van der Waals surface area contributed by atoms with Gasteiger partial charge >= 0.3 is 0 Å². The molecule has 2 aromatic carbocycles. The molecule has 0 aliphatic heterocycles. The molecule has 2 amide bonds. The van der Waals surface area contributed by atoms with Gasteiger partial charge in [-0.2, -0.15) is 0 Å². The Labute approximate surface area is 163 Å². The zero-order chi connectivity index (χ0) is 17.9. The number of halogens is 5. The molecule has 0 saturated heterocycles. The summed E-state index contributed by atoms with van der Waals surface area (Å²) in [6, 6.07) is 10.9. The average Bonchev–Trinajstić information content (AvgIpc) is 2.46. The van der Waals surface area contributed by atoms with E-state index in [1.807, 2.05) is 0 Å². The molecular weight excluding hydrogens is 417 g/mol. The Hall–Kier alpha value is -1.17. The van der Waals surface area contributed by atoms with Crippen molar-refractivity contribution in [2.75, 3.05) is 10.6 Å². The van der Waals surface area contributed by atoms with E-state index >= 15 is 0 Å². The Morgan fingerprint density at radius 1 is 0.875 bits per heavy atom. The van der Waals surface area contributed by atoms with Crippen LogP contribution in [0.1, 0.15) is 10.4 Å². The normalized spacial score (nSPS) is 11.0. The van der Waals surface area contributed by atoms with E-state index < -0.39 is 15.6 Å². The van der Waals surface area contributed by atoms with E-state index in [0.29, 0.717) is 16.4 Å². The molecule has 0 aromatic heterocycles. The molecule has 0 aliphatic carbocycles. The molecule has 2 rings (SSSR count). The first-order chi connectivity index (χ1) is 11.2. The molecule has 0 unspecified atom stereocenters. The smallest absolute Gasteiger partial charge is 0.276 e. The lowest BCUT2D eigenvalue weighted by molar-refractivity contribution is -0.115. The minimum absolute atomic E-state index is 0.223. The Morgan fingerprint density at radius 3 is 2.08 bits per heavy atom. The van der Waals surface area contributed by atoms with Gasteiger partial charge in [0.15, 0.2) is 0 Å². The third-order valence-corrected chi connectivity index (χ3v) is 3.87. The summed E-state index contributed by atoms with van der Waals surface area (Å²) in [6.45, 7) is 0. The van der Waals surface area contributed by atoms with Gasteiger partial charge in [0.05, 0.1) is 10.6 Å². The second-order valence-electron chi connectivity index (χ2n) is 4.61. The van der Waals surface area contributed by atoms with Crippen LogP contribution in [0.3, 0.4) is 0 Å². The summed E-state index contributed by atoms with van der Waals surface area (Å²) in [6.07, 6.45) is 0. The number of nitrogens with one attached hydrogen (secondary N) is 2. The van der Waals surface area contributed by atoms with E-state index in [0.717, 1.165) is 0 Å². The van der Waals surface area contributed by atoms with E-state index in [4.69, 9.17) is 58.0 Å². The molecule has 0 radical (unpaired) electrons. The molecular formula is C15H9Cl5N2O2. The van der Waals surface area contributed by atoms with Crippen molar-refractivity contribution in [2.45, 2.75) is 3.79 Å². The van der Waals surface area contributed by atoms with Crippen molar-refractivity contribution in [3.05, 3.63) is 58.1 Å². The van der Waals surface area contributed by atoms with Crippen LogP contribution in [-0.2, 0) is 4.79 Å². The van der Waals surface area contributed by atoms with Gasteiger partial charge in [-0.15, -0.1) is 0 Å². The van der Waals surface area contributed by atoms with E-state index in [9.17, 15) is 9.59 Å². The van der Waals surface area contributed by atoms with Crippen LogP contribution >= 0.6 is 58.0 Å². The standard InChI is InChI=1S/C15H9Cl5N2O2/c16-8-4-5-11(12(17)6-8)13(23)21-9-2-1-3-10(7-9)22-14(24)15(18,19)20/h1-7H,(H,21,23)(H,22,24). The molecule has 24 heavy (non-hydrogen) atoms. The second kappa shape index (κ2) is 7.81. The molecule has 0 heterocycles. The van der Waals surface area contributed by atoms with E-state index in [2.05, 4.69) is 10.6 Å². The van der Waals surface area contributed by atoms with Crippen molar-refractivity contribution < 1.29 is 9.59 Å². The maximum absolute atomic E-state index is 12.2. The maximum Gasteiger partial charge on any atom is 0.276 e. The molecule has 126 valence electrons. The van der Waals surface area contributed by atoms with Gasteiger partial charge in [0.1, 0.15) is 0 Å². The fourth-order valence-electron chi connectivity index (χ4n) is 1.75. The number of amides is 2. The van der Waals surface area contributed by atoms with Gasteiger partial charge in [0.25, 0.3) is 15.6 Å². The fourth-order valence-corrected chi connectivity index (χ4v) is 2.38. The van der Waals surface area contributed by atoms with Crippen LogP contribution < -0.4 is 10.6 Å². The van der Waals surface area contributed by atoms with E-state index in [1.165, 1.54) is 18.2 Å². The Bertz CT molecular complexity index is 790. The molecule has 0 atom stereocenters. The summed E-state index contributed by atoms with van der Waals surface area (Å²) in [5.74, 6) is -1.24. The quantitative estimate of drug-likeness (QED) is 0.632. The van der Waals surface area contributed by atoms with E-state index in [1.54, 1.807) is 24.3 Å². The lowest BCUT2D eigenvalue weighted by atomic mass is 10.2. The SMILES string of the molecule is O=C(Nc1cccc(NC(=O)C(Cl)(Cl)Cl)c1)c1ccc(Cl)cc1Cl. The second-order valence-corrected chi connectivity index (χ2v) is 7.74. The summed E-state index contributed by atoms with van der Waals surface area (Å²) in [5, 5.41) is 5.73. The highest BCUT2D eigenvalue weighted by atomic mass is 35.6. The monoisotopic (exact) mass is 424 g/mol. The highest BCUT2D eigenvalue weighted by molar-refractivity contribution is 6.76. The third kappa shape index (κ3) is 5.16. The van der Waals surface area contributed by atoms with Crippen LogP contribution in [0.5, 0.6) is 0 Å². The Morgan fingerprint density at radius 2 is 1.50 bits per heavy atom. The lowest BCUT2D eigenvalue weighted by Crippen LogP contribution is -2.26. The van der Waals surface area contributed by atoms with E-state index in [-0.39, 0.29) is 10.6 Å². The summed E-state index contributed by atoms with van der Waals surface area (Å²) >= 11 is 28.3. The van der Waals surface area contributed by atoms with Crippen molar-refractivity contribution in [1.29, 1.82) is 0 Å². The molecule has 2 aromatic rings. The molecule has 2 N–H and O–H groups in total. The van der Waals surface area contributed by atoms with Crippen LogP contribution in [0.15, 0.2) is 42.5 Å². The van der Waals surface area contributed by atoms with Crippen LogP contribution in [0, 0.1) is 0 Å². The molecule has 0 spiro atoms. The van der Waals surface area contributed by atoms with Gasteiger partial charge < -0.3 is 10.6 Å². The van der Waals surface area contributed by atoms with Crippen LogP contribution in [0.25, 0.3) is 0 Å². The minimum Gasteiger partial charge on any atom is -0.322 e. The lowest BCUT2D eigenvalue weighted by Gasteiger charge is -2.13. The van der Waals surface area contributed by atoms with Crippen molar-refractivity contribution in [3.63, 3.8) is 0 Å². The zero-order valence-corrected chi connectivity index (χ0v) is 15.5. The highest BCUT2D eigenvalue weighted by Crippen LogP contribution is 2.28. The van der Waals surface area contributed by atoms with Crippen molar-refractivity contribution in [1.82, 2.24) is 0 Å². The van der Waals surface area contributed by atoms with Gasteiger partial charge in [0.2, 0.25) is 0 Å². The van der Waals surface area contributed by atoms with Crippen LogP contribution in [0.4, 0.5) is 11.4 Å². The summed E-state index contributed by atoms with van der Waals surface area (Å²) < 4.78 is -2.09. The first kappa shape index (κ1) is 19.2. The number of carbonyl (C=O) groups is 2. The molecule has 0 bridgehead atoms. The van der Waals surface area contributed by atoms with Crippen LogP contribution in [-0.4, -0.2) is 15.6 Å². The van der Waals surface area contributed by atoms with Gasteiger partial charge in [0, 0.05) is 16.4 Å². The predicted octanol–water partition coefficient (Wildman–Crippen LogP) is 5.55. The molecule has 4 nitrogen and oxygen atoms in total. The molecule has 0 aliphatic rings. The first-order valence-corrected chi connectivity index (χ1v) is 8.30. The number of carbonyl (C=O) groups excluding carboxylic acids is 2. The molecule has 0 saturated carbocycles. The van der Waals surface area contributed by atoms with Gasteiger partial charge in [-0.05, 0) is 36.4 Å². The number of anilines is 2.